The van der Waals surface area contributed by atoms with Crippen molar-refractivity contribution in [3.8, 4) is 22.8 Å². The average Bonchev–Trinajstić information content (AvgIpc) is 3.13. The van der Waals surface area contributed by atoms with Crippen LogP contribution in [0.2, 0.25) is 0 Å². The van der Waals surface area contributed by atoms with Crippen molar-refractivity contribution in [1.82, 2.24) is 9.78 Å². The number of ether oxygens (including phenoxy) is 1. The lowest BCUT2D eigenvalue weighted by molar-refractivity contribution is 0.379. The van der Waals surface area contributed by atoms with Gasteiger partial charge in [-0.3, -0.25) is 0 Å². The third kappa shape index (κ3) is 4.43. The molecule has 0 aliphatic rings. The zero-order chi connectivity index (χ0) is 20.2. The molecular formula is C26H27FN2O. The summed E-state index contributed by atoms with van der Waals surface area (Å²) in [6.45, 7) is 2.07. The lowest BCUT2D eigenvalue weighted by Gasteiger charge is -2.08. The second kappa shape index (κ2) is 9.40. The van der Waals surface area contributed by atoms with Crippen LogP contribution in [0, 0.1) is 12.7 Å². The minimum Gasteiger partial charge on any atom is -0.481 e. The molecule has 0 saturated carbocycles. The van der Waals surface area contributed by atoms with Crippen molar-refractivity contribution in [3.05, 3.63) is 101 Å². The third-order valence-corrected chi connectivity index (χ3v) is 5.03. The number of aromatic nitrogens is 2. The van der Waals surface area contributed by atoms with Crippen molar-refractivity contribution in [2.24, 2.45) is 0 Å². The lowest BCUT2D eigenvalue weighted by atomic mass is 10.0. The van der Waals surface area contributed by atoms with Crippen LogP contribution in [0.5, 0.6) is 5.88 Å². The van der Waals surface area contributed by atoms with Gasteiger partial charge in [-0.2, -0.15) is 5.10 Å². The van der Waals surface area contributed by atoms with E-state index in [1.165, 1.54) is 17.7 Å². The maximum Gasteiger partial charge on any atom is 0.220 e. The molecule has 0 unspecified atom stereocenters. The minimum atomic E-state index is -0.219. The predicted molar refractivity (Wildman–Crippen MR) is 121 cm³/mol. The maximum absolute atomic E-state index is 13.2. The first kappa shape index (κ1) is 21.3. The van der Waals surface area contributed by atoms with E-state index in [1.807, 2.05) is 47.1 Å². The average molecular weight is 403 g/mol. The highest BCUT2D eigenvalue weighted by molar-refractivity contribution is 5.67. The molecule has 0 fully saturated rings. The number of nitrogens with zero attached hydrogens (tertiary/aromatic N) is 2. The Balaban J connectivity index is 0.00000256. The van der Waals surface area contributed by atoms with Gasteiger partial charge in [0, 0.05) is 11.1 Å². The normalized spacial score (nSPS) is 10.5. The maximum atomic E-state index is 13.2. The van der Waals surface area contributed by atoms with Gasteiger partial charge in [0.1, 0.15) is 5.82 Å². The van der Waals surface area contributed by atoms with Crippen LogP contribution in [0.25, 0.3) is 16.9 Å². The van der Waals surface area contributed by atoms with E-state index in [1.54, 1.807) is 7.11 Å². The van der Waals surface area contributed by atoms with E-state index >= 15 is 0 Å². The van der Waals surface area contributed by atoms with Crippen molar-refractivity contribution >= 4 is 0 Å². The number of hydrogen-bond donors (Lipinski definition) is 0. The molecule has 4 rings (SSSR count). The second-order valence-electron chi connectivity index (χ2n) is 7.08. The van der Waals surface area contributed by atoms with Gasteiger partial charge in [-0.05, 0) is 49.6 Å². The Kier molecular flexibility index (Phi) is 6.68. The van der Waals surface area contributed by atoms with E-state index in [4.69, 9.17) is 9.84 Å². The third-order valence-electron chi connectivity index (χ3n) is 5.03. The molecule has 0 amide bonds. The fourth-order valence-electron chi connectivity index (χ4n) is 3.48. The molecule has 0 radical (unpaired) electrons. The van der Waals surface area contributed by atoms with E-state index in [9.17, 15) is 4.39 Å². The Morgan fingerprint density at radius 2 is 1.53 bits per heavy atom. The van der Waals surface area contributed by atoms with Crippen LogP contribution in [0.4, 0.5) is 4.39 Å². The molecule has 1 aromatic heterocycles. The molecular weight excluding hydrogens is 375 g/mol. The molecule has 30 heavy (non-hydrogen) atoms. The molecule has 0 spiro atoms. The number of methoxy groups -OCH3 is 1. The molecule has 0 bridgehead atoms. The number of halogens is 1. The summed E-state index contributed by atoms with van der Waals surface area (Å²) in [4.78, 5) is 0. The smallest absolute Gasteiger partial charge is 0.220 e. The number of benzene rings is 3. The second-order valence-corrected chi connectivity index (χ2v) is 7.08. The van der Waals surface area contributed by atoms with Crippen LogP contribution < -0.4 is 4.74 Å². The van der Waals surface area contributed by atoms with E-state index in [0.717, 1.165) is 46.8 Å². The SMILES string of the molecule is C.COc1c(CCc2ccc(F)cc2)c(-c2ccc(C)cc2)nn1-c1ccccc1. The van der Waals surface area contributed by atoms with Crippen LogP contribution >= 0.6 is 0 Å². The molecule has 154 valence electrons. The van der Waals surface area contributed by atoms with Gasteiger partial charge in [-0.15, -0.1) is 0 Å². The summed E-state index contributed by atoms with van der Waals surface area (Å²) in [6, 6.07) is 25.0. The van der Waals surface area contributed by atoms with E-state index in [0.29, 0.717) is 0 Å². The molecule has 0 atom stereocenters. The zero-order valence-corrected chi connectivity index (χ0v) is 16.6. The van der Waals surface area contributed by atoms with Crippen molar-refractivity contribution in [2.45, 2.75) is 27.2 Å². The predicted octanol–water partition coefficient (Wildman–Crippen LogP) is 6.42. The standard InChI is InChI=1S/C25H23FN2O.CH4/c1-18-8-13-20(14-9-18)24-23(17-12-19-10-15-21(26)16-11-19)25(29-2)28(27-24)22-6-4-3-5-7-22;/h3-11,13-16H,12,17H2,1-2H3;1H4. The quantitative estimate of drug-likeness (QED) is 0.372. The summed E-state index contributed by atoms with van der Waals surface area (Å²) in [5.74, 6) is 0.512. The fraction of sp³-hybridized carbons (Fsp3) is 0.192. The van der Waals surface area contributed by atoms with Crippen molar-refractivity contribution in [2.75, 3.05) is 7.11 Å². The van der Waals surface area contributed by atoms with Crippen LogP contribution in [0.3, 0.4) is 0 Å². The lowest BCUT2D eigenvalue weighted by Crippen LogP contribution is -2.01. The van der Waals surface area contributed by atoms with Gasteiger partial charge in [0.15, 0.2) is 0 Å². The molecule has 0 aliphatic heterocycles. The van der Waals surface area contributed by atoms with Gasteiger partial charge < -0.3 is 4.74 Å². The summed E-state index contributed by atoms with van der Waals surface area (Å²) < 4.78 is 20.9. The minimum absolute atomic E-state index is 0. The van der Waals surface area contributed by atoms with Gasteiger partial charge in [-0.25, -0.2) is 9.07 Å². The molecule has 3 aromatic carbocycles. The van der Waals surface area contributed by atoms with E-state index in [-0.39, 0.29) is 13.2 Å². The Morgan fingerprint density at radius 3 is 2.17 bits per heavy atom. The fourth-order valence-corrected chi connectivity index (χ4v) is 3.48. The molecule has 0 N–H and O–H groups in total. The van der Waals surface area contributed by atoms with Crippen molar-refractivity contribution < 1.29 is 9.13 Å². The highest BCUT2D eigenvalue weighted by atomic mass is 19.1. The Morgan fingerprint density at radius 1 is 0.867 bits per heavy atom. The number of aryl methyl sites for hydroxylation is 2. The Hall–Kier alpha value is -3.40. The molecule has 1 heterocycles. The van der Waals surface area contributed by atoms with Gasteiger partial charge in [0.25, 0.3) is 0 Å². The molecule has 0 aliphatic carbocycles. The van der Waals surface area contributed by atoms with Crippen LogP contribution in [0.1, 0.15) is 24.1 Å². The first-order valence-corrected chi connectivity index (χ1v) is 9.68. The Bertz CT molecular complexity index is 1080. The summed E-state index contributed by atoms with van der Waals surface area (Å²) in [5.41, 5.74) is 6.24. The highest BCUT2D eigenvalue weighted by Crippen LogP contribution is 2.34. The van der Waals surface area contributed by atoms with Gasteiger partial charge >= 0.3 is 0 Å². The summed E-state index contributed by atoms with van der Waals surface area (Å²) in [5, 5.41) is 4.91. The summed E-state index contributed by atoms with van der Waals surface area (Å²) in [7, 11) is 1.68. The molecule has 0 saturated heterocycles. The van der Waals surface area contributed by atoms with E-state index < -0.39 is 0 Å². The monoisotopic (exact) mass is 402 g/mol. The van der Waals surface area contributed by atoms with Gasteiger partial charge in [0.05, 0.1) is 18.5 Å². The number of rotatable bonds is 6. The van der Waals surface area contributed by atoms with Crippen molar-refractivity contribution in [3.63, 3.8) is 0 Å². The molecule has 3 nitrogen and oxygen atoms in total. The van der Waals surface area contributed by atoms with E-state index in [2.05, 4.69) is 31.2 Å². The number of hydrogen-bond acceptors (Lipinski definition) is 2. The largest absolute Gasteiger partial charge is 0.481 e. The van der Waals surface area contributed by atoms with Gasteiger partial charge in [-0.1, -0.05) is 67.6 Å². The van der Waals surface area contributed by atoms with Crippen LogP contribution in [-0.2, 0) is 12.8 Å². The zero-order valence-electron chi connectivity index (χ0n) is 16.6. The first-order valence-electron chi connectivity index (χ1n) is 9.68. The molecule has 4 aromatic rings. The summed E-state index contributed by atoms with van der Waals surface area (Å²) >= 11 is 0. The Labute approximate surface area is 177 Å². The number of para-hydroxylation sites is 1. The van der Waals surface area contributed by atoms with Crippen LogP contribution in [-0.4, -0.2) is 16.9 Å². The highest BCUT2D eigenvalue weighted by Gasteiger charge is 2.21. The summed E-state index contributed by atoms with van der Waals surface area (Å²) in [6.07, 6.45) is 1.51. The topological polar surface area (TPSA) is 27.1 Å². The van der Waals surface area contributed by atoms with Crippen LogP contribution in [0.15, 0.2) is 78.9 Å². The van der Waals surface area contributed by atoms with Gasteiger partial charge in [0.2, 0.25) is 5.88 Å². The first-order chi connectivity index (χ1) is 14.2. The molecule has 4 heteroatoms. The van der Waals surface area contributed by atoms with Crippen molar-refractivity contribution in [1.29, 1.82) is 0 Å².